The highest BCUT2D eigenvalue weighted by Gasteiger charge is 2.17. The van der Waals surface area contributed by atoms with Gasteiger partial charge in [-0.15, -0.1) is 0 Å². The van der Waals surface area contributed by atoms with Crippen LogP contribution in [0.1, 0.15) is 27.9 Å². The second-order valence-corrected chi connectivity index (χ2v) is 5.82. The molecule has 1 aromatic carbocycles. The molecule has 0 aliphatic heterocycles. The number of rotatable bonds is 5. The number of carbonyl (C=O) groups excluding carboxylic acids is 1. The van der Waals surface area contributed by atoms with Gasteiger partial charge in [0.25, 0.3) is 0 Å². The summed E-state index contributed by atoms with van der Waals surface area (Å²) in [5.74, 6) is -0.345. The molecule has 23 heavy (non-hydrogen) atoms. The van der Waals surface area contributed by atoms with Crippen molar-refractivity contribution in [3.63, 3.8) is 0 Å². The molecule has 0 spiro atoms. The van der Waals surface area contributed by atoms with Crippen LogP contribution in [-0.2, 0) is 11.3 Å². The van der Waals surface area contributed by atoms with Crippen LogP contribution >= 0.6 is 11.3 Å². The third-order valence-corrected chi connectivity index (χ3v) is 4.33. The van der Waals surface area contributed by atoms with Gasteiger partial charge in [-0.2, -0.15) is 0 Å². The molecular formula is C16H20BrN2O3S-. The summed E-state index contributed by atoms with van der Waals surface area (Å²) < 4.78 is 6.93. The van der Waals surface area contributed by atoms with Gasteiger partial charge in [0.2, 0.25) is 0 Å². The normalized spacial score (nSPS) is 11.2. The molecule has 0 amide bonds. The molecule has 0 radical (unpaired) electrons. The van der Waals surface area contributed by atoms with E-state index in [1.54, 1.807) is 6.92 Å². The number of thiazole rings is 1. The lowest BCUT2D eigenvalue weighted by Crippen LogP contribution is -3.00. The summed E-state index contributed by atoms with van der Waals surface area (Å²) in [4.78, 5) is 17.8. The lowest BCUT2D eigenvalue weighted by Gasteiger charge is -2.04. The van der Waals surface area contributed by atoms with Crippen molar-refractivity contribution in [3.05, 3.63) is 45.2 Å². The fraction of sp³-hybridized carbons (Fsp3) is 0.375. The Morgan fingerprint density at radius 2 is 2.13 bits per heavy atom. The zero-order valence-electron chi connectivity index (χ0n) is 13.4. The Hall–Kier alpha value is -1.44. The maximum Gasteiger partial charge on any atom is 0.350 e. The van der Waals surface area contributed by atoms with Crippen LogP contribution in [0.15, 0.2) is 29.3 Å². The average molecular weight is 400 g/mol. The number of aliphatic hydroxyl groups is 1. The number of nitrogens with zero attached hydrogens (tertiary/aromatic N) is 2. The van der Waals surface area contributed by atoms with Crippen LogP contribution in [-0.4, -0.2) is 28.9 Å². The van der Waals surface area contributed by atoms with Crippen molar-refractivity contribution >= 4 is 23.0 Å². The fourth-order valence-electron chi connectivity index (χ4n) is 2.13. The number of aromatic nitrogens is 1. The summed E-state index contributed by atoms with van der Waals surface area (Å²) in [5.41, 5.74) is 2.71. The van der Waals surface area contributed by atoms with Gasteiger partial charge in [-0.05, 0) is 38.5 Å². The van der Waals surface area contributed by atoms with E-state index in [0.29, 0.717) is 22.8 Å². The first-order chi connectivity index (χ1) is 10.6. The van der Waals surface area contributed by atoms with Crippen LogP contribution in [0.25, 0.3) is 0 Å². The molecular weight excluding hydrogens is 380 g/mol. The molecule has 0 bridgehead atoms. The number of hydrogen-bond acceptors (Lipinski definition) is 5. The van der Waals surface area contributed by atoms with Gasteiger partial charge in [0.15, 0.2) is 4.80 Å². The molecule has 7 heteroatoms. The highest BCUT2D eigenvalue weighted by molar-refractivity contribution is 7.11. The van der Waals surface area contributed by atoms with Crippen molar-refractivity contribution < 1.29 is 31.6 Å². The Bertz CT molecular complexity index is 737. The molecule has 0 aliphatic rings. The highest BCUT2D eigenvalue weighted by atomic mass is 79.9. The molecule has 2 aromatic rings. The number of halogens is 1. The molecule has 0 saturated carbocycles. The van der Waals surface area contributed by atoms with E-state index in [-0.39, 0.29) is 29.6 Å². The van der Waals surface area contributed by atoms with E-state index in [2.05, 4.69) is 4.99 Å². The summed E-state index contributed by atoms with van der Waals surface area (Å²) in [6.45, 7) is 6.34. The zero-order valence-corrected chi connectivity index (χ0v) is 15.8. The Morgan fingerprint density at radius 1 is 1.39 bits per heavy atom. The van der Waals surface area contributed by atoms with Crippen molar-refractivity contribution in [2.45, 2.75) is 27.3 Å². The van der Waals surface area contributed by atoms with Crippen molar-refractivity contribution in [1.82, 2.24) is 4.57 Å². The Balaban J connectivity index is 0.00000264. The smallest absolute Gasteiger partial charge is 0.350 e. The molecule has 0 aliphatic carbocycles. The molecule has 2 rings (SSSR count). The second-order valence-electron chi connectivity index (χ2n) is 4.85. The minimum absolute atomic E-state index is 0. The Labute approximate surface area is 150 Å². The number of hydrogen-bond donors (Lipinski definition) is 1. The van der Waals surface area contributed by atoms with Crippen LogP contribution in [0.2, 0.25) is 0 Å². The van der Waals surface area contributed by atoms with Crippen molar-refractivity contribution in [1.29, 1.82) is 0 Å². The van der Waals surface area contributed by atoms with E-state index in [1.165, 1.54) is 11.3 Å². The van der Waals surface area contributed by atoms with Crippen molar-refractivity contribution in [2.24, 2.45) is 4.99 Å². The average Bonchev–Trinajstić information content (AvgIpc) is 2.77. The number of aliphatic hydroxyl groups excluding tert-OH is 1. The van der Waals surface area contributed by atoms with E-state index in [9.17, 15) is 9.90 Å². The molecule has 1 N–H and O–H groups in total. The van der Waals surface area contributed by atoms with Crippen LogP contribution < -0.4 is 21.8 Å². The fourth-order valence-corrected chi connectivity index (χ4v) is 3.20. The van der Waals surface area contributed by atoms with E-state index >= 15 is 0 Å². The van der Waals surface area contributed by atoms with Crippen LogP contribution in [0.4, 0.5) is 5.69 Å². The monoisotopic (exact) mass is 399 g/mol. The van der Waals surface area contributed by atoms with Gasteiger partial charge >= 0.3 is 5.97 Å². The number of carbonyl (C=O) groups is 1. The maximum atomic E-state index is 12.0. The van der Waals surface area contributed by atoms with Gasteiger partial charge in [-0.25, -0.2) is 9.79 Å². The summed E-state index contributed by atoms with van der Waals surface area (Å²) in [5, 5.41) is 9.26. The lowest BCUT2D eigenvalue weighted by atomic mass is 10.2. The molecule has 5 nitrogen and oxygen atoms in total. The van der Waals surface area contributed by atoms with Gasteiger partial charge in [-0.3, -0.25) is 0 Å². The minimum atomic E-state index is -0.345. The van der Waals surface area contributed by atoms with Crippen LogP contribution in [0, 0.1) is 13.8 Å². The Morgan fingerprint density at radius 3 is 2.74 bits per heavy atom. The maximum absolute atomic E-state index is 12.0. The lowest BCUT2D eigenvalue weighted by molar-refractivity contribution is -0.0000240. The quantitative estimate of drug-likeness (QED) is 0.694. The molecule has 1 heterocycles. The number of esters is 1. The second kappa shape index (κ2) is 9.00. The van der Waals surface area contributed by atoms with Crippen molar-refractivity contribution in [2.75, 3.05) is 13.2 Å². The van der Waals surface area contributed by atoms with E-state index in [0.717, 1.165) is 16.9 Å². The zero-order chi connectivity index (χ0) is 16.1. The van der Waals surface area contributed by atoms with Gasteiger partial charge < -0.3 is 31.4 Å². The predicted octanol–water partition coefficient (Wildman–Crippen LogP) is -0.428. The topological polar surface area (TPSA) is 63.8 Å². The summed E-state index contributed by atoms with van der Waals surface area (Å²) in [6, 6.07) is 7.83. The highest BCUT2D eigenvalue weighted by Crippen LogP contribution is 2.17. The van der Waals surface area contributed by atoms with Gasteiger partial charge in [0.05, 0.1) is 18.9 Å². The molecule has 1 aromatic heterocycles. The van der Waals surface area contributed by atoms with E-state index < -0.39 is 0 Å². The standard InChI is InChI=1S/C16H20N2O3S.BrH/c1-4-21-15(20)14-12(3)18(8-9-19)16(22-14)17-13-7-5-6-11(2)10-13;/h5-7,10,19H,4,8-9H2,1-3H3;1H/p-1. The number of aryl methyl sites for hydroxylation is 1. The van der Waals surface area contributed by atoms with Crippen molar-refractivity contribution in [3.8, 4) is 0 Å². The first-order valence-electron chi connectivity index (χ1n) is 7.16. The first kappa shape index (κ1) is 19.6. The SMILES string of the molecule is CCOC(=O)c1sc(=Nc2cccc(C)c2)n(CCO)c1C.[Br-]. The summed E-state index contributed by atoms with van der Waals surface area (Å²) in [7, 11) is 0. The molecule has 126 valence electrons. The van der Waals surface area contributed by atoms with E-state index in [1.807, 2.05) is 42.7 Å². The molecule has 0 fully saturated rings. The number of benzene rings is 1. The van der Waals surface area contributed by atoms with Crippen LogP contribution in [0.3, 0.4) is 0 Å². The molecule has 0 unspecified atom stereocenters. The Kier molecular flexibility index (Phi) is 7.67. The first-order valence-corrected chi connectivity index (χ1v) is 7.98. The third-order valence-electron chi connectivity index (χ3n) is 3.17. The third kappa shape index (κ3) is 4.76. The minimum Gasteiger partial charge on any atom is -1.00 e. The predicted molar refractivity (Wildman–Crippen MR) is 86.5 cm³/mol. The van der Waals surface area contributed by atoms with Gasteiger partial charge in [0.1, 0.15) is 4.88 Å². The number of ether oxygens (including phenoxy) is 1. The summed E-state index contributed by atoms with van der Waals surface area (Å²) in [6.07, 6.45) is 0. The largest absolute Gasteiger partial charge is 1.00 e. The van der Waals surface area contributed by atoms with Gasteiger partial charge in [-0.1, -0.05) is 23.5 Å². The van der Waals surface area contributed by atoms with E-state index in [4.69, 9.17) is 4.74 Å². The molecule has 0 atom stereocenters. The van der Waals surface area contributed by atoms with Gasteiger partial charge in [0, 0.05) is 12.2 Å². The summed E-state index contributed by atoms with van der Waals surface area (Å²) >= 11 is 1.29. The molecule has 0 saturated heterocycles. The van der Waals surface area contributed by atoms with Crippen LogP contribution in [0.5, 0.6) is 0 Å².